The van der Waals surface area contributed by atoms with Crippen molar-refractivity contribution in [2.75, 3.05) is 0 Å². The van der Waals surface area contributed by atoms with Crippen molar-refractivity contribution < 1.29 is 9.59 Å². The number of ketones is 2. The molecule has 0 fully saturated rings. The molecule has 3 heteroatoms. The molecule has 3 nitrogen and oxygen atoms in total. The highest BCUT2D eigenvalue weighted by molar-refractivity contribution is 6.50. The second kappa shape index (κ2) is 4.78. The van der Waals surface area contributed by atoms with Gasteiger partial charge >= 0.3 is 0 Å². The maximum Gasteiger partial charge on any atom is 0.235 e. The number of carbonyl (C=O) groups excluding carboxylic acids is 2. The van der Waals surface area contributed by atoms with E-state index in [1.54, 1.807) is 30.5 Å². The summed E-state index contributed by atoms with van der Waals surface area (Å²) in [7, 11) is 1.87. The van der Waals surface area contributed by atoms with E-state index >= 15 is 0 Å². The maximum absolute atomic E-state index is 12.4. The highest BCUT2D eigenvalue weighted by atomic mass is 16.2. The van der Waals surface area contributed by atoms with E-state index in [0.29, 0.717) is 11.1 Å². The lowest BCUT2D eigenvalue weighted by atomic mass is 10.0. The van der Waals surface area contributed by atoms with Crippen molar-refractivity contribution in [3.63, 3.8) is 0 Å². The first-order valence-electron chi connectivity index (χ1n) is 6.36. The number of carbonyl (C=O) groups is 2. The Kier molecular flexibility index (Phi) is 2.95. The van der Waals surface area contributed by atoms with Gasteiger partial charge in [0.05, 0.1) is 5.56 Å². The molecule has 98 valence electrons. The molecule has 0 aliphatic heterocycles. The third-order valence-electron chi connectivity index (χ3n) is 3.38. The Morgan fingerprint density at radius 3 is 2.25 bits per heavy atom. The van der Waals surface area contributed by atoms with Crippen molar-refractivity contribution in [3.8, 4) is 0 Å². The summed E-state index contributed by atoms with van der Waals surface area (Å²) in [6.07, 6.45) is 1.72. The van der Waals surface area contributed by atoms with Crippen LogP contribution in [0.25, 0.3) is 10.9 Å². The van der Waals surface area contributed by atoms with Gasteiger partial charge in [-0.1, -0.05) is 48.5 Å². The molecule has 3 aromatic rings. The molecule has 2 aromatic carbocycles. The van der Waals surface area contributed by atoms with E-state index in [0.717, 1.165) is 10.9 Å². The van der Waals surface area contributed by atoms with Crippen LogP contribution in [0.2, 0.25) is 0 Å². The lowest BCUT2D eigenvalue weighted by Gasteiger charge is -1.99. The van der Waals surface area contributed by atoms with Crippen LogP contribution in [0.1, 0.15) is 20.7 Å². The largest absolute Gasteiger partial charge is 0.350 e. The summed E-state index contributed by atoms with van der Waals surface area (Å²) in [6, 6.07) is 16.2. The van der Waals surface area contributed by atoms with Gasteiger partial charge in [-0.2, -0.15) is 0 Å². The lowest BCUT2D eigenvalue weighted by molar-refractivity contribution is 0.0818. The van der Waals surface area contributed by atoms with Crippen molar-refractivity contribution in [1.82, 2.24) is 4.57 Å². The van der Waals surface area contributed by atoms with Gasteiger partial charge in [-0.05, 0) is 6.07 Å². The lowest BCUT2D eigenvalue weighted by Crippen LogP contribution is -2.14. The summed E-state index contributed by atoms with van der Waals surface area (Å²) in [6.45, 7) is 0. The summed E-state index contributed by atoms with van der Waals surface area (Å²) < 4.78 is 1.86. The highest BCUT2D eigenvalue weighted by Gasteiger charge is 2.21. The van der Waals surface area contributed by atoms with Crippen LogP contribution >= 0.6 is 0 Å². The van der Waals surface area contributed by atoms with Crippen LogP contribution < -0.4 is 0 Å². The third kappa shape index (κ3) is 1.93. The number of rotatable bonds is 3. The van der Waals surface area contributed by atoms with E-state index < -0.39 is 11.6 Å². The van der Waals surface area contributed by atoms with E-state index in [9.17, 15) is 9.59 Å². The minimum atomic E-state index is -0.470. The zero-order chi connectivity index (χ0) is 14.1. The molecule has 3 rings (SSSR count). The average Bonchev–Trinajstić information content (AvgIpc) is 2.84. The van der Waals surface area contributed by atoms with Crippen molar-refractivity contribution in [2.45, 2.75) is 0 Å². The standard InChI is InChI=1S/C17H13NO2/c1-18-11-14(13-9-5-6-10-15(13)18)17(20)16(19)12-7-3-2-4-8-12/h2-11H,1H3. The second-order valence-electron chi connectivity index (χ2n) is 4.70. The number of hydrogen-bond acceptors (Lipinski definition) is 2. The first-order valence-corrected chi connectivity index (χ1v) is 6.36. The van der Waals surface area contributed by atoms with Gasteiger partial charge < -0.3 is 4.57 Å². The predicted octanol–water partition coefficient (Wildman–Crippen LogP) is 3.24. The molecule has 0 bridgehead atoms. The van der Waals surface area contributed by atoms with Gasteiger partial charge in [-0.15, -0.1) is 0 Å². The fraction of sp³-hybridized carbons (Fsp3) is 0.0588. The van der Waals surface area contributed by atoms with Crippen LogP contribution in [0, 0.1) is 0 Å². The van der Waals surface area contributed by atoms with Crippen LogP contribution in [0.3, 0.4) is 0 Å². The highest BCUT2D eigenvalue weighted by Crippen LogP contribution is 2.21. The van der Waals surface area contributed by atoms with Crippen molar-refractivity contribution >= 4 is 22.5 Å². The van der Waals surface area contributed by atoms with Crippen LogP contribution in [0.15, 0.2) is 60.8 Å². The molecule has 0 N–H and O–H groups in total. The summed E-state index contributed by atoms with van der Waals surface area (Å²) in [5.74, 6) is -0.935. The molecule has 0 amide bonds. The van der Waals surface area contributed by atoms with Crippen LogP contribution in [0.4, 0.5) is 0 Å². The number of fused-ring (bicyclic) bond motifs is 1. The van der Waals surface area contributed by atoms with Gasteiger partial charge in [-0.25, -0.2) is 0 Å². The molecule has 0 atom stereocenters. The van der Waals surface area contributed by atoms with Crippen LogP contribution in [-0.4, -0.2) is 16.1 Å². The van der Waals surface area contributed by atoms with Gasteiger partial charge in [0, 0.05) is 29.7 Å². The SMILES string of the molecule is Cn1cc(C(=O)C(=O)c2ccccc2)c2ccccc21. The minimum absolute atomic E-state index is 0.422. The summed E-state index contributed by atoms with van der Waals surface area (Å²) in [5.41, 5.74) is 1.82. The van der Waals surface area contributed by atoms with E-state index in [4.69, 9.17) is 0 Å². The van der Waals surface area contributed by atoms with E-state index in [1.807, 2.05) is 41.9 Å². The second-order valence-corrected chi connectivity index (χ2v) is 4.70. The molecule has 0 aliphatic carbocycles. The van der Waals surface area contributed by atoms with E-state index in [2.05, 4.69) is 0 Å². The van der Waals surface area contributed by atoms with Gasteiger partial charge in [0.15, 0.2) is 0 Å². The van der Waals surface area contributed by atoms with Gasteiger partial charge in [0.25, 0.3) is 0 Å². The zero-order valence-electron chi connectivity index (χ0n) is 11.0. The third-order valence-corrected chi connectivity index (χ3v) is 3.38. The number of aromatic nitrogens is 1. The van der Waals surface area contributed by atoms with E-state index in [1.165, 1.54) is 0 Å². The van der Waals surface area contributed by atoms with Gasteiger partial charge in [-0.3, -0.25) is 9.59 Å². The molecule has 1 aromatic heterocycles. The molecule has 0 unspecified atom stereocenters. The molecular weight excluding hydrogens is 250 g/mol. The number of nitrogens with zero attached hydrogens (tertiary/aromatic N) is 1. The fourth-order valence-corrected chi connectivity index (χ4v) is 2.37. The Hall–Kier alpha value is -2.68. The number of benzene rings is 2. The van der Waals surface area contributed by atoms with Gasteiger partial charge in [0.1, 0.15) is 0 Å². The molecular formula is C17H13NO2. The molecule has 0 radical (unpaired) electrons. The summed E-state index contributed by atoms with van der Waals surface area (Å²) >= 11 is 0. The quantitative estimate of drug-likeness (QED) is 0.537. The van der Waals surface area contributed by atoms with Crippen molar-refractivity contribution in [1.29, 1.82) is 0 Å². The smallest absolute Gasteiger partial charge is 0.235 e. The summed E-state index contributed by atoms with van der Waals surface area (Å²) in [4.78, 5) is 24.6. The Morgan fingerprint density at radius 1 is 0.850 bits per heavy atom. The molecule has 0 saturated heterocycles. The summed E-state index contributed by atoms with van der Waals surface area (Å²) in [5, 5.41) is 0.810. The number of hydrogen-bond donors (Lipinski definition) is 0. The molecule has 20 heavy (non-hydrogen) atoms. The Balaban J connectivity index is 2.08. The zero-order valence-corrected chi connectivity index (χ0v) is 11.0. The van der Waals surface area contributed by atoms with E-state index in [-0.39, 0.29) is 0 Å². The molecule has 0 saturated carbocycles. The van der Waals surface area contributed by atoms with Crippen LogP contribution in [0.5, 0.6) is 0 Å². The van der Waals surface area contributed by atoms with Crippen molar-refractivity contribution in [3.05, 3.63) is 71.9 Å². The number of aryl methyl sites for hydroxylation is 1. The first kappa shape index (κ1) is 12.4. The molecule has 0 spiro atoms. The topological polar surface area (TPSA) is 39.1 Å². The normalized spacial score (nSPS) is 10.7. The maximum atomic E-state index is 12.4. The molecule has 1 heterocycles. The fourth-order valence-electron chi connectivity index (χ4n) is 2.37. The van der Waals surface area contributed by atoms with Gasteiger partial charge in [0.2, 0.25) is 11.6 Å². The predicted molar refractivity (Wildman–Crippen MR) is 78.0 cm³/mol. The Morgan fingerprint density at radius 2 is 1.50 bits per heavy atom. The van der Waals surface area contributed by atoms with Crippen molar-refractivity contribution in [2.24, 2.45) is 7.05 Å². The van der Waals surface area contributed by atoms with Crippen LogP contribution in [-0.2, 0) is 7.05 Å². The molecule has 0 aliphatic rings. The first-order chi connectivity index (χ1) is 9.68. The minimum Gasteiger partial charge on any atom is -0.350 e. The average molecular weight is 263 g/mol. The Labute approximate surface area is 116 Å². The Bertz CT molecular complexity index is 800. The monoisotopic (exact) mass is 263 g/mol. The number of para-hydroxylation sites is 1. The number of Topliss-reactive ketones (excluding diaryl/α,β-unsaturated/α-hetero) is 2.